The van der Waals surface area contributed by atoms with E-state index in [2.05, 4.69) is 42.6 Å². The van der Waals surface area contributed by atoms with E-state index in [9.17, 15) is 13.2 Å². The zero-order valence-electron chi connectivity index (χ0n) is 20.9. The van der Waals surface area contributed by atoms with E-state index in [1.807, 2.05) is 38.1 Å². The van der Waals surface area contributed by atoms with Gasteiger partial charge in [0.2, 0.25) is 5.91 Å². The maximum Gasteiger partial charge on any atom is 0.264 e. The summed E-state index contributed by atoms with van der Waals surface area (Å²) >= 11 is 0. The van der Waals surface area contributed by atoms with Gasteiger partial charge in [-0.15, -0.1) is 0 Å². The molecule has 4 aromatic carbocycles. The average Bonchev–Trinajstić information content (AvgIpc) is 2.87. The Labute approximate surface area is 213 Å². The summed E-state index contributed by atoms with van der Waals surface area (Å²) in [6, 6.07) is 28.4. The highest BCUT2D eigenvalue weighted by atomic mass is 32.2. The number of hydrogen-bond donors (Lipinski definition) is 1. The number of aryl methyl sites for hydroxylation is 2. The molecule has 1 N–H and O–H groups in total. The number of fused-ring (bicyclic) bond motifs is 1. The summed E-state index contributed by atoms with van der Waals surface area (Å²) in [6.45, 7) is 6.09. The van der Waals surface area contributed by atoms with Gasteiger partial charge in [0, 0.05) is 6.54 Å². The molecule has 0 aliphatic rings. The molecule has 0 fully saturated rings. The fraction of sp³-hybridized carbons (Fsp3) is 0.233. The van der Waals surface area contributed by atoms with E-state index in [0.717, 1.165) is 17.5 Å². The Bertz CT molecular complexity index is 1440. The van der Waals surface area contributed by atoms with Crippen molar-refractivity contribution in [2.75, 3.05) is 17.4 Å². The van der Waals surface area contributed by atoms with Crippen molar-refractivity contribution in [1.29, 1.82) is 0 Å². The highest BCUT2D eigenvalue weighted by Gasteiger charge is 2.27. The van der Waals surface area contributed by atoms with Crippen molar-refractivity contribution in [2.24, 2.45) is 5.92 Å². The van der Waals surface area contributed by atoms with Crippen molar-refractivity contribution in [2.45, 2.75) is 32.1 Å². The zero-order valence-corrected chi connectivity index (χ0v) is 21.8. The van der Waals surface area contributed by atoms with Crippen molar-refractivity contribution >= 4 is 32.4 Å². The number of nitrogens with zero attached hydrogens (tertiary/aromatic N) is 1. The quantitative estimate of drug-likeness (QED) is 0.323. The molecule has 5 nitrogen and oxygen atoms in total. The first-order chi connectivity index (χ1) is 17.2. The van der Waals surface area contributed by atoms with Gasteiger partial charge in [0.15, 0.2) is 0 Å². The van der Waals surface area contributed by atoms with Crippen LogP contribution in [0.25, 0.3) is 10.8 Å². The Morgan fingerprint density at radius 3 is 2.14 bits per heavy atom. The van der Waals surface area contributed by atoms with Crippen LogP contribution in [0.4, 0.5) is 5.69 Å². The van der Waals surface area contributed by atoms with E-state index < -0.39 is 10.0 Å². The monoisotopic (exact) mass is 500 g/mol. The molecule has 0 saturated heterocycles. The first-order valence-electron chi connectivity index (χ1n) is 12.1. The van der Waals surface area contributed by atoms with Gasteiger partial charge >= 0.3 is 0 Å². The third-order valence-electron chi connectivity index (χ3n) is 6.31. The zero-order chi connectivity index (χ0) is 25.7. The minimum atomic E-state index is -3.92. The van der Waals surface area contributed by atoms with Crippen LogP contribution in [0.2, 0.25) is 0 Å². The second-order valence-electron chi connectivity index (χ2n) is 9.41. The summed E-state index contributed by atoms with van der Waals surface area (Å²) in [7, 11) is -3.92. The van der Waals surface area contributed by atoms with Crippen molar-refractivity contribution in [3.8, 4) is 0 Å². The van der Waals surface area contributed by atoms with E-state index in [1.165, 1.54) is 20.6 Å². The highest BCUT2D eigenvalue weighted by molar-refractivity contribution is 7.92. The summed E-state index contributed by atoms with van der Waals surface area (Å²) in [5.41, 5.74) is 3.67. The fourth-order valence-electron chi connectivity index (χ4n) is 4.26. The van der Waals surface area contributed by atoms with E-state index >= 15 is 0 Å². The van der Waals surface area contributed by atoms with Crippen LogP contribution in [0.15, 0.2) is 95.9 Å². The second kappa shape index (κ2) is 11.0. The van der Waals surface area contributed by atoms with E-state index in [1.54, 1.807) is 36.4 Å². The minimum Gasteiger partial charge on any atom is -0.354 e. The topological polar surface area (TPSA) is 66.5 Å². The smallest absolute Gasteiger partial charge is 0.264 e. The van der Waals surface area contributed by atoms with Crippen LogP contribution in [0.3, 0.4) is 0 Å². The molecule has 6 heteroatoms. The van der Waals surface area contributed by atoms with Gasteiger partial charge in [0.25, 0.3) is 10.0 Å². The summed E-state index contributed by atoms with van der Waals surface area (Å²) < 4.78 is 28.2. The Morgan fingerprint density at radius 1 is 0.833 bits per heavy atom. The van der Waals surface area contributed by atoms with E-state index in [0.29, 0.717) is 12.2 Å². The summed E-state index contributed by atoms with van der Waals surface area (Å²) in [6.07, 6.45) is 0.810. The Hall–Kier alpha value is -3.64. The van der Waals surface area contributed by atoms with Crippen molar-refractivity contribution in [3.05, 3.63) is 108 Å². The summed E-state index contributed by atoms with van der Waals surface area (Å²) in [5.74, 6) is -0.155. The molecule has 0 saturated carbocycles. The third-order valence-corrected chi connectivity index (χ3v) is 8.10. The Kier molecular flexibility index (Phi) is 7.75. The molecule has 0 radical (unpaired) electrons. The second-order valence-corrected chi connectivity index (χ2v) is 11.3. The van der Waals surface area contributed by atoms with Gasteiger partial charge in [0.05, 0.1) is 10.6 Å². The fourth-order valence-corrected chi connectivity index (χ4v) is 5.68. The molecular formula is C30H32N2O3S. The number of amides is 1. The maximum atomic E-state index is 13.5. The molecule has 0 aliphatic heterocycles. The van der Waals surface area contributed by atoms with Crippen LogP contribution < -0.4 is 9.62 Å². The van der Waals surface area contributed by atoms with E-state index in [-0.39, 0.29) is 23.3 Å². The number of carbonyl (C=O) groups excluding carboxylic acids is 1. The van der Waals surface area contributed by atoms with Gasteiger partial charge in [-0.3, -0.25) is 9.10 Å². The van der Waals surface area contributed by atoms with Crippen LogP contribution in [-0.2, 0) is 21.2 Å². The summed E-state index contributed by atoms with van der Waals surface area (Å²) in [5, 5.41) is 5.36. The molecule has 186 valence electrons. The third kappa shape index (κ3) is 5.94. The molecule has 0 spiro atoms. The van der Waals surface area contributed by atoms with Gasteiger partial charge in [-0.05, 0) is 66.8 Å². The number of carbonyl (C=O) groups is 1. The van der Waals surface area contributed by atoms with Crippen LogP contribution in [0, 0.1) is 19.8 Å². The standard InChI is InChI=1S/C30H32N2O3S/c1-22-11-15-27(16-12-22)32(36(34,35)28-17-13-23(2)14-18-28)21-30(33)31-20-24(3)19-26-9-6-8-25-7-4-5-10-29(25)26/h4-18,24H,19-21H2,1-3H3,(H,31,33). The van der Waals surface area contributed by atoms with E-state index in [4.69, 9.17) is 0 Å². The first-order valence-corrected chi connectivity index (χ1v) is 13.6. The Balaban J connectivity index is 1.47. The van der Waals surface area contributed by atoms with Gasteiger partial charge < -0.3 is 5.32 Å². The molecule has 1 atom stereocenters. The molecule has 1 amide bonds. The molecule has 0 aromatic heterocycles. The minimum absolute atomic E-state index is 0.158. The highest BCUT2D eigenvalue weighted by Crippen LogP contribution is 2.25. The Morgan fingerprint density at radius 2 is 1.44 bits per heavy atom. The largest absolute Gasteiger partial charge is 0.354 e. The lowest BCUT2D eigenvalue weighted by Gasteiger charge is -2.25. The van der Waals surface area contributed by atoms with Crippen molar-refractivity contribution in [1.82, 2.24) is 5.32 Å². The number of benzene rings is 4. The SMILES string of the molecule is Cc1ccc(N(CC(=O)NCC(C)Cc2cccc3ccccc23)S(=O)(=O)c2ccc(C)cc2)cc1. The lowest BCUT2D eigenvalue weighted by molar-refractivity contribution is -0.119. The number of hydrogen-bond acceptors (Lipinski definition) is 3. The number of nitrogens with one attached hydrogen (secondary N) is 1. The van der Waals surface area contributed by atoms with Crippen LogP contribution in [-0.4, -0.2) is 27.4 Å². The lowest BCUT2D eigenvalue weighted by Crippen LogP contribution is -2.42. The van der Waals surface area contributed by atoms with Gasteiger partial charge in [-0.2, -0.15) is 0 Å². The summed E-state index contributed by atoms with van der Waals surface area (Å²) in [4.78, 5) is 13.1. The molecular weight excluding hydrogens is 468 g/mol. The molecule has 0 aliphatic carbocycles. The van der Waals surface area contributed by atoms with Crippen LogP contribution >= 0.6 is 0 Å². The average molecular weight is 501 g/mol. The van der Waals surface area contributed by atoms with Crippen LogP contribution in [0.1, 0.15) is 23.6 Å². The molecule has 0 bridgehead atoms. The number of rotatable bonds is 9. The van der Waals surface area contributed by atoms with Crippen molar-refractivity contribution < 1.29 is 13.2 Å². The molecule has 1 unspecified atom stereocenters. The normalized spacial score (nSPS) is 12.3. The number of sulfonamides is 1. The molecule has 4 rings (SSSR count). The molecule has 4 aromatic rings. The van der Waals surface area contributed by atoms with Gasteiger partial charge in [0.1, 0.15) is 6.54 Å². The predicted molar refractivity (Wildman–Crippen MR) is 147 cm³/mol. The maximum absolute atomic E-state index is 13.5. The van der Waals surface area contributed by atoms with Crippen molar-refractivity contribution in [3.63, 3.8) is 0 Å². The first kappa shape index (κ1) is 25.5. The molecule has 0 heterocycles. The molecule has 36 heavy (non-hydrogen) atoms. The van der Waals surface area contributed by atoms with Gasteiger partial charge in [-0.1, -0.05) is 84.8 Å². The van der Waals surface area contributed by atoms with Crippen LogP contribution in [0.5, 0.6) is 0 Å². The van der Waals surface area contributed by atoms with Gasteiger partial charge in [-0.25, -0.2) is 8.42 Å². The predicted octanol–water partition coefficient (Wildman–Crippen LogP) is 5.65. The number of anilines is 1. The lowest BCUT2D eigenvalue weighted by atomic mass is 9.96.